The van der Waals surface area contributed by atoms with Crippen molar-refractivity contribution in [3.05, 3.63) is 30.0 Å². The average Bonchev–Trinajstić information content (AvgIpc) is 2.43. The number of nitrogens with one attached hydrogen (secondary N) is 1. The van der Waals surface area contributed by atoms with Gasteiger partial charge < -0.3 is 10.2 Å². The molecule has 2 aromatic rings. The number of piperazine rings is 1. The number of aryl methyl sites for hydroxylation is 1. The Morgan fingerprint density at radius 1 is 1.16 bits per heavy atom. The zero-order valence-electron chi connectivity index (χ0n) is 11.7. The van der Waals surface area contributed by atoms with Crippen LogP contribution in [0.3, 0.4) is 0 Å². The molecule has 0 saturated carbocycles. The fraction of sp³-hybridized carbons (Fsp3) is 0.467. The molecule has 2 atom stereocenters. The van der Waals surface area contributed by atoms with E-state index < -0.39 is 0 Å². The highest BCUT2D eigenvalue weighted by Gasteiger charge is 2.25. The minimum absolute atomic E-state index is 0.441. The van der Waals surface area contributed by atoms with E-state index in [4.69, 9.17) is 0 Å². The van der Waals surface area contributed by atoms with E-state index in [2.05, 4.69) is 58.5 Å². The van der Waals surface area contributed by atoms with Gasteiger partial charge in [0.25, 0.3) is 0 Å². The predicted octanol–water partition coefficient (Wildman–Crippen LogP) is 2.12. The second-order valence-electron chi connectivity index (χ2n) is 5.47. The zero-order valence-corrected chi connectivity index (χ0v) is 11.7. The third-order valence-corrected chi connectivity index (χ3v) is 3.89. The van der Waals surface area contributed by atoms with Gasteiger partial charge in [-0.3, -0.25) is 0 Å². The second kappa shape index (κ2) is 4.78. The lowest BCUT2D eigenvalue weighted by Gasteiger charge is -2.38. The molecule has 1 N–H and O–H groups in total. The lowest BCUT2D eigenvalue weighted by Crippen LogP contribution is -2.54. The molecule has 3 rings (SSSR count). The molecule has 2 heterocycles. The van der Waals surface area contributed by atoms with Gasteiger partial charge in [0.05, 0.1) is 5.69 Å². The zero-order chi connectivity index (χ0) is 13.4. The van der Waals surface area contributed by atoms with E-state index in [1.807, 2.05) is 6.92 Å². The van der Waals surface area contributed by atoms with Crippen molar-refractivity contribution < 1.29 is 0 Å². The summed E-state index contributed by atoms with van der Waals surface area (Å²) < 4.78 is 0. The molecule has 0 spiro atoms. The van der Waals surface area contributed by atoms with Gasteiger partial charge in [-0.25, -0.2) is 0 Å². The highest BCUT2D eigenvalue weighted by molar-refractivity contribution is 5.93. The number of hydrogen-bond acceptors (Lipinski definition) is 4. The summed E-state index contributed by atoms with van der Waals surface area (Å²) in [4.78, 5) is 2.37. The standard InChI is InChI=1S/C15H20N4/c1-10-9-19(11(2)8-16-10)15-14-7-5-4-6-13(14)12(3)17-18-15/h4-7,10-11,16H,8-9H2,1-3H3/t10-,11?/m0/s1. The van der Waals surface area contributed by atoms with Gasteiger partial charge in [0, 0.05) is 35.9 Å². The molecule has 0 bridgehead atoms. The molecule has 1 aliphatic heterocycles. The largest absolute Gasteiger partial charge is 0.349 e. The lowest BCUT2D eigenvalue weighted by molar-refractivity contribution is 0.422. The molecule has 19 heavy (non-hydrogen) atoms. The van der Waals surface area contributed by atoms with Crippen LogP contribution in [0.15, 0.2) is 24.3 Å². The van der Waals surface area contributed by atoms with Crippen molar-refractivity contribution in [2.45, 2.75) is 32.9 Å². The first-order valence-corrected chi connectivity index (χ1v) is 6.89. The Labute approximate surface area is 113 Å². The van der Waals surface area contributed by atoms with Crippen molar-refractivity contribution in [2.24, 2.45) is 0 Å². The van der Waals surface area contributed by atoms with Crippen LogP contribution in [-0.2, 0) is 0 Å². The van der Waals surface area contributed by atoms with Crippen LogP contribution >= 0.6 is 0 Å². The van der Waals surface area contributed by atoms with Gasteiger partial charge in [-0.1, -0.05) is 24.3 Å². The van der Waals surface area contributed by atoms with Crippen LogP contribution in [-0.4, -0.2) is 35.4 Å². The van der Waals surface area contributed by atoms with Crippen LogP contribution in [0.1, 0.15) is 19.5 Å². The summed E-state index contributed by atoms with van der Waals surface area (Å²) in [5, 5.41) is 14.7. The number of fused-ring (bicyclic) bond motifs is 1. The Kier molecular flexibility index (Phi) is 3.11. The molecule has 0 radical (unpaired) electrons. The van der Waals surface area contributed by atoms with Crippen LogP contribution in [0, 0.1) is 6.92 Å². The summed E-state index contributed by atoms with van der Waals surface area (Å²) in [6, 6.07) is 9.33. The van der Waals surface area contributed by atoms with E-state index in [1.54, 1.807) is 0 Å². The van der Waals surface area contributed by atoms with Crippen molar-refractivity contribution in [3.8, 4) is 0 Å². The maximum absolute atomic E-state index is 4.46. The number of anilines is 1. The van der Waals surface area contributed by atoms with Gasteiger partial charge >= 0.3 is 0 Å². The minimum atomic E-state index is 0.441. The topological polar surface area (TPSA) is 41.1 Å². The maximum atomic E-state index is 4.46. The van der Waals surface area contributed by atoms with E-state index in [1.165, 1.54) is 10.8 Å². The van der Waals surface area contributed by atoms with Crippen molar-refractivity contribution in [1.29, 1.82) is 0 Å². The molecule has 0 amide bonds. The molecule has 1 unspecified atom stereocenters. The van der Waals surface area contributed by atoms with Crippen molar-refractivity contribution in [2.75, 3.05) is 18.0 Å². The van der Waals surface area contributed by atoms with Gasteiger partial charge in [-0.05, 0) is 20.8 Å². The molecule has 1 aromatic heterocycles. The number of rotatable bonds is 1. The van der Waals surface area contributed by atoms with E-state index >= 15 is 0 Å². The first-order valence-electron chi connectivity index (χ1n) is 6.89. The molecule has 1 aliphatic rings. The summed E-state index contributed by atoms with van der Waals surface area (Å²) in [7, 11) is 0. The smallest absolute Gasteiger partial charge is 0.159 e. The number of benzene rings is 1. The van der Waals surface area contributed by atoms with E-state index in [0.717, 1.165) is 24.6 Å². The van der Waals surface area contributed by atoms with Gasteiger partial charge in [-0.15, -0.1) is 5.10 Å². The molecule has 0 aliphatic carbocycles. The highest BCUT2D eigenvalue weighted by atomic mass is 15.3. The Hall–Kier alpha value is -1.68. The summed E-state index contributed by atoms with van der Waals surface area (Å²) in [5.74, 6) is 1.02. The Morgan fingerprint density at radius 3 is 2.68 bits per heavy atom. The molecular formula is C15H20N4. The third-order valence-electron chi connectivity index (χ3n) is 3.89. The molecule has 1 fully saturated rings. The van der Waals surface area contributed by atoms with Crippen LogP contribution in [0.2, 0.25) is 0 Å². The van der Waals surface area contributed by atoms with Gasteiger partial charge in [0.2, 0.25) is 0 Å². The van der Waals surface area contributed by atoms with Crippen LogP contribution in [0.4, 0.5) is 5.82 Å². The van der Waals surface area contributed by atoms with E-state index in [9.17, 15) is 0 Å². The summed E-state index contributed by atoms with van der Waals surface area (Å²) in [5.41, 5.74) is 0.996. The first kappa shape index (κ1) is 12.4. The monoisotopic (exact) mass is 256 g/mol. The number of aromatic nitrogens is 2. The fourth-order valence-electron chi connectivity index (χ4n) is 2.75. The molecule has 1 saturated heterocycles. The third kappa shape index (κ3) is 2.16. The molecule has 4 heteroatoms. The number of hydrogen-bond donors (Lipinski definition) is 1. The van der Waals surface area contributed by atoms with E-state index in [-0.39, 0.29) is 0 Å². The molecule has 1 aromatic carbocycles. The van der Waals surface area contributed by atoms with E-state index in [0.29, 0.717) is 12.1 Å². The SMILES string of the molecule is Cc1nnc(N2C[C@H](C)NCC2C)c2ccccc12. The van der Waals surface area contributed by atoms with Gasteiger partial charge in [0.1, 0.15) is 0 Å². The van der Waals surface area contributed by atoms with Gasteiger partial charge in [-0.2, -0.15) is 5.10 Å². The minimum Gasteiger partial charge on any atom is -0.349 e. The first-order chi connectivity index (χ1) is 9.16. The Bertz CT molecular complexity index is 596. The highest BCUT2D eigenvalue weighted by Crippen LogP contribution is 2.27. The van der Waals surface area contributed by atoms with Crippen molar-refractivity contribution >= 4 is 16.6 Å². The fourth-order valence-corrected chi connectivity index (χ4v) is 2.75. The Balaban J connectivity index is 2.12. The van der Waals surface area contributed by atoms with Gasteiger partial charge in [0.15, 0.2) is 5.82 Å². The summed E-state index contributed by atoms with van der Waals surface area (Å²) >= 11 is 0. The second-order valence-corrected chi connectivity index (χ2v) is 5.47. The summed E-state index contributed by atoms with van der Waals surface area (Å²) in [6.45, 7) is 8.43. The quantitative estimate of drug-likeness (QED) is 0.848. The van der Waals surface area contributed by atoms with Crippen molar-refractivity contribution in [1.82, 2.24) is 15.5 Å². The summed E-state index contributed by atoms with van der Waals surface area (Å²) in [6.07, 6.45) is 0. The van der Waals surface area contributed by atoms with Crippen LogP contribution in [0.5, 0.6) is 0 Å². The number of nitrogens with zero attached hydrogens (tertiary/aromatic N) is 3. The Morgan fingerprint density at radius 2 is 1.89 bits per heavy atom. The maximum Gasteiger partial charge on any atom is 0.159 e. The predicted molar refractivity (Wildman–Crippen MR) is 78.5 cm³/mol. The van der Waals surface area contributed by atoms with Crippen LogP contribution < -0.4 is 10.2 Å². The normalized spacial score (nSPS) is 23.8. The lowest BCUT2D eigenvalue weighted by atomic mass is 10.1. The van der Waals surface area contributed by atoms with Crippen molar-refractivity contribution in [3.63, 3.8) is 0 Å². The molecule has 100 valence electrons. The van der Waals surface area contributed by atoms with Crippen LogP contribution in [0.25, 0.3) is 10.8 Å². The molecular weight excluding hydrogens is 236 g/mol. The molecule has 4 nitrogen and oxygen atoms in total. The average molecular weight is 256 g/mol.